The standard InChI is InChI=1S/C19H35NS/c1-16(2)7-5-8-17(3)9-6-10-18(4)11-12-19(15-21)13-14-20/h7,9,11,19,21H,5-6,8,10,12-15,20H2,1-4H3. The van der Waals surface area contributed by atoms with Gasteiger partial charge in [-0.1, -0.05) is 34.9 Å². The molecule has 0 spiro atoms. The molecule has 0 aromatic rings. The maximum Gasteiger partial charge on any atom is -0.00661 e. The van der Waals surface area contributed by atoms with E-state index < -0.39 is 0 Å². The van der Waals surface area contributed by atoms with Crippen LogP contribution < -0.4 is 5.73 Å². The lowest BCUT2D eigenvalue weighted by molar-refractivity contribution is 0.557. The Balaban J connectivity index is 4.00. The van der Waals surface area contributed by atoms with Crippen LogP contribution in [0.4, 0.5) is 0 Å². The summed E-state index contributed by atoms with van der Waals surface area (Å²) in [6, 6.07) is 0. The molecule has 1 unspecified atom stereocenters. The Hall–Kier alpha value is -0.470. The molecule has 0 radical (unpaired) electrons. The van der Waals surface area contributed by atoms with E-state index in [1.807, 2.05) is 0 Å². The summed E-state index contributed by atoms with van der Waals surface area (Å²) in [6.45, 7) is 9.58. The highest BCUT2D eigenvalue weighted by Gasteiger charge is 2.03. The van der Waals surface area contributed by atoms with Crippen molar-refractivity contribution in [2.75, 3.05) is 12.3 Å². The van der Waals surface area contributed by atoms with Crippen molar-refractivity contribution in [3.63, 3.8) is 0 Å². The highest BCUT2D eigenvalue weighted by molar-refractivity contribution is 7.80. The highest BCUT2D eigenvalue weighted by atomic mass is 32.1. The van der Waals surface area contributed by atoms with E-state index in [-0.39, 0.29) is 0 Å². The van der Waals surface area contributed by atoms with Crippen LogP contribution in [0.15, 0.2) is 34.9 Å². The molecule has 0 bridgehead atoms. The molecule has 1 nitrogen and oxygen atoms in total. The number of allylic oxidation sites excluding steroid dienone is 6. The van der Waals surface area contributed by atoms with E-state index in [9.17, 15) is 0 Å². The first-order valence-corrected chi connectivity index (χ1v) is 8.88. The van der Waals surface area contributed by atoms with Crippen molar-refractivity contribution in [2.45, 2.75) is 66.2 Å². The fraction of sp³-hybridized carbons (Fsp3) is 0.684. The molecular weight excluding hydrogens is 274 g/mol. The van der Waals surface area contributed by atoms with E-state index in [4.69, 9.17) is 5.73 Å². The molecule has 0 aromatic heterocycles. The lowest BCUT2D eigenvalue weighted by Gasteiger charge is -2.10. The van der Waals surface area contributed by atoms with E-state index in [0.717, 1.165) is 31.6 Å². The van der Waals surface area contributed by atoms with Gasteiger partial charge in [-0.15, -0.1) is 0 Å². The molecule has 2 heteroatoms. The van der Waals surface area contributed by atoms with Crippen LogP contribution in [0.1, 0.15) is 66.2 Å². The van der Waals surface area contributed by atoms with Crippen LogP contribution >= 0.6 is 12.6 Å². The fourth-order valence-corrected chi connectivity index (χ4v) is 2.56. The molecule has 0 rings (SSSR count). The number of hydrogen-bond donors (Lipinski definition) is 2. The summed E-state index contributed by atoms with van der Waals surface area (Å²) in [5.74, 6) is 1.57. The maximum atomic E-state index is 5.62. The van der Waals surface area contributed by atoms with Crippen molar-refractivity contribution in [3.8, 4) is 0 Å². The number of hydrogen-bond acceptors (Lipinski definition) is 2. The van der Waals surface area contributed by atoms with Crippen LogP contribution in [0.2, 0.25) is 0 Å². The SMILES string of the molecule is CC(C)=CCCC(C)=CCCC(C)=CCC(CS)CCN. The quantitative estimate of drug-likeness (QED) is 0.372. The molecule has 0 aliphatic rings. The largest absolute Gasteiger partial charge is 0.330 e. The summed E-state index contributed by atoms with van der Waals surface area (Å²) in [6.07, 6.45) is 14.0. The molecule has 122 valence electrons. The molecule has 0 amide bonds. The van der Waals surface area contributed by atoms with Crippen LogP contribution in [0, 0.1) is 5.92 Å². The fourth-order valence-electron chi connectivity index (χ4n) is 2.23. The van der Waals surface area contributed by atoms with Gasteiger partial charge in [-0.05, 0) is 84.4 Å². The average Bonchev–Trinajstić information content (AvgIpc) is 2.43. The normalized spacial score (nSPS) is 14.2. The topological polar surface area (TPSA) is 26.0 Å². The summed E-state index contributed by atoms with van der Waals surface area (Å²) < 4.78 is 0. The van der Waals surface area contributed by atoms with Crippen molar-refractivity contribution < 1.29 is 0 Å². The second kappa shape index (κ2) is 13.2. The van der Waals surface area contributed by atoms with Gasteiger partial charge in [-0.2, -0.15) is 12.6 Å². The van der Waals surface area contributed by atoms with Gasteiger partial charge in [-0.3, -0.25) is 0 Å². The van der Waals surface area contributed by atoms with Crippen LogP contribution in [-0.4, -0.2) is 12.3 Å². The van der Waals surface area contributed by atoms with Gasteiger partial charge in [0.25, 0.3) is 0 Å². The Labute approximate surface area is 138 Å². The van der Waals surface area contributed by atoms with E-state index in [0.29, 0.717) is 5.92 Å². The monoisotopic (exact) mass is 309 g/mol. The van der Waals surface area contributed by atoms with Crippen LogP contribution in [0.25, 0.3) is 0 Å². The molecule has 0 saturated heterocycles. The average molecular weight is 310 g/mol. The second-order valence-electron chi connectivity index (χ2n) is 6.32. The summed E-state index contributed by atoms with van der Waals surface area (Å²) in [5.41, 5.74) is 10.0. The van der Waals surface area contributed by atoms with Crippen LogP contribution in [0.3, 0.4) is 0 Å². The predicted octanol–water partition coefficient (Wildman–Crippen LogP) is 5.69. The minimum atomic E-state index is 0.634. The zero-order valence-corrected chi connectivity index (χ0v) is 15.4. The maximum absolute atomic E-state index is 5.62. The lowest BCUT2D eigenvalue weighted by atomic mass is 10.0. The third kappa shape index (κ3) is 12.9. The van der Waals surface area contributed by atoms with Crippen molar-refractivity contribution >= 4 is 12.6 Å². The minimum Gasteiger partial charge on any atom is -0.330 e. The second-order valence-corrected chi connectivity index (χ2v) is 6.69. The molecule has 21 heavy (non-hydrogen) atoms. The molecule has 1 atom stereocenters. The van der Waals surface area contributed by atoms with E-state index in [1.165, 1.54) is 36.0 Å². The van der Waals surface area contributed by atoms with Gasteiger partial charge in [0, 0.05) is 0 Å². The number of thiol groups is 1. The van der Waals surface area contributed by atoms with Crippen LogP contribution in [-0.2, 0) is 0 Å². The van der Waals surface area contributed by atoms with Gasteiger partial charge < -0.3 is 5.73 Å². The number of rotatable bonds is 11. The summed E-state index contributed by atoms with van der Waals surface area (Å²) in [5, 5.41) is 0. The molecular formula is C19H35NS. The predicted molar refractivity (Wildman–Crippen MR) is 101 cm³/mol. The first kappa shape index (κ1) is 20.5. The Kier molecular flexibility index (Phi) is 12.9. The zero-order chi connectivity index (χ0) is 16.1. The van der Waals surface area contributed by atoms with Crippen molar-refractivity contribution in [2.24, 2.45) is 11.7 Å². The number of nitrogens with two attached hydrogens (primary N) is 1. The first-order valence-electron chi connectivity index (χ1n) is 8.25. The van der Waals surface area contributed by atoms with Gasteiger partial charge in [0.05, 0.1) is 0 Å². The van der Waals surface area contributed by atoms with Gasteiger partial charge in [0.15, 0.2) is 0 Å². The van der Waals surface area contributed by atoms with E-state index in [1.54, 1.807) is 0 Å². The van der Waals surface area contributed by atoms with Gasteiger partial charge >= 0.3 is 0 Å². The third-order valence-electron chi connectivity index (χ3n) is 3.76. The Bertz CT molecular complexity index is 349. The van der Waals surface area contributed by atoms with Gasteiger partial charge in [0.2, 0.25) is 0 Å². The minimum absolute atomic E-state index is 0.634. The van der Waals surface area contributed by atoms with Gasteiger partial charge in [-0.25, -0.2) is 0 Å². The van der Waals surface area contributed by atoms with E-state index in [2.05, 4.69) is 58.6 Å². The Morgan fingerprint density at radius 3 is 2.05 bits per heavy atom. The molecule has 0 heterocycles. The lowest BCUT2D eigenvalue weighted by Crippen LogP contribution is -2.09. The molecule has 0 fully saturated rings. The van der Waals surface area contributed by atoms with E-state index >= 15 is 0 Å². The van der Waals surface area contributed by atoms with Crippen molar-refractivity contribution in [3.05, 3.63) is 34.9 Å². The summed E-state index contributed by atoms with van der Waals surface area (Å²) in [7, 11) is 0. The van der Waals surface area contributed by atoms with Crippen LogP contribution in [0.5, 0.6) is 0 Å². The molecule has 0 saturated carbocycles. The first-order chi connectivity index (χ1) is 9.99. The summed E-state index contributed by atoms with van der Waals surface area (Å²) >= 11 is 4.40. The Morgan fingerprint density at radius 1 is 0.952 bits per heavy atom. The third-order valence-corrected chi connectivity index (χ3v) is 4.27. The smallest absolute Gasteiger partial charge is 0.00661 e. The van der Waals surface area contributed by atoms with Crippen molar-refractivity contribution in [1.29, 1.82) is 0 Å². The van der Waals surface area contributed by atoms with Crippen molar-refractivity contribution in [1.82, 2.24) is 0 Å². The molecule has 0 aliphatic carbocycles. The zero-order valence-electron chi connectivity index (χ0n) is 14.5. The van der Waals surface area contributed by atoms with Gasteiger partial charge in [0.1, 0.15) is 0 Å². The molecule has 0 aromatic carbocycles. The Morgan fingerprint density at radius 2 is 1.52 bits per heavy atom. The highest BCUT2D eigenvalue weighted by Crippen LogP contribution is 2.15. The molecule has 0 aliphatic heterocycles. The summed E-state index contributed by atoms with van der Waals surface area (Å²) in [4.78, 5) is 0. The molecule has 2 N–H and O–H groups in total.